The maximum Gasteiger partial charge on any atom is 0.264 e. The van der Waals surface area contributed by atoms with E-state index in [4.69, 9.17) is 0 Å². The van der Waals surface area contributed by atoms with Crippen molar-refractivity contribution in [1.82, 2.24) is 9.71 Å². The van der Waals surface area contributed by atoms with Crippen molar-refractivity contribution in [2.75, 3.05) is 0 Å². The number of thiazole rings is 1. The third-order valence-corrected chi connectivity index (χ3v) is 8.05. The van der Waals surface area contributed by atoms with Gasteiger partial charge in [-0.15, -0.1) is 11.3 Å². The van der Waals surface area contributed by atoms with E-state index in [-0.39, 0.29) is 28.1 Å². The van der Waals surface area contributed by atoms with Gasteiger partial charge in [0.05, 0.1) is 16.3 Å². The van der Waals surface area contributed by atoms with E-state index in [1.807, 2.05) is 19.2 Å². The second kappa shape index (κ2) is 5.92. The van der Waals surface area contributed by atoms with Gasteiger partial charge in [-0.2, -0.15) is 0 Å². The highest BCUT2D eigenvalue weighted by Gasteiger charge is 2.63. The molecule has 3 fully saturated rings. The second-order valence-electron chi connectivity index (χ2n) is 6.97. The Kier molecular flexibility index (Phi) is 3.96. The second-order valence-corrected chi connectivity index (χ2v) is 9.54. The lowest BCUT2D eigenvalue weighted by Gasteiger charge is -2.45. The minimum absolute atomic E-state index is 0.152. The molecule has 3 aliphatic rings. The predicted molar refractivity (Wildman–Crippen MR) is 95.8 cm³/mol. The summed E-state index contributed by atoms with van der Waals surface area (Å²) in [6.45, 7) is 1.97. The summed E-state index contributed by atoms with van der Waals surface area (Å²) in [6.07, 6.45) is 5.44. The Hall–Kier alpha value is -1.73. The Morgan fingerprint density at radius 3 is 2.96 bits per heavy atom. The summed E-state index contributed by atoms with van der Waals surface area (Å²) >= 11 is 1.56. The molecule has 3 atom stereocenters. The van der Waals surface area contributed by atoms with Crippen LogP contribution in [0.1, 0.15) is 36.6 Å². The van der Waals surface area contributed by atoms with Crippen LogP contribution in [0.5, 0.6) is 0 Å². The number of benzene rings is 1. The zero-order valence-electron chi connectivity index (χ0n) is 13.9. The molecule has 0 radical (unpaired) electrons. The quantitative estimate of drug-likeness (QED) is 0.871. The Morgan fingerprint density at radius 2 is 2.28 bits per heavy atom. The van der Waals surface area contributed by atoms with Crippen LogP contribution in [0.15, 0.2) is 40.9 Å². The van der Waals surface area contributed by atoms with Crippen molar-refractivity contribution in [2.24, 2.45) is 11.8 Å². The summed E-state index contributed by atoms with van der Waals surface area (Å²) in [7, 11) is -3.84. The summed E-state index contributed by atoms with van der Waals surface area (Å²) in [4.78, 5) is 18.2. The molecule has 0 aliphatic heterocycles. The molecule has 7 heteroatoms. The van der Waals surface area contributed by atoms with Crippen molar-refractivity contribution in [3.8, 4) is 0 Å². The molecule has 2 aromatic rings. The number of rotatable bonds is 5. The molecule has 1 N–H and O–H groups in total. The van der Waals surface area contributed by atoms with Gasteiger partial charge in [0, 0.05) is 16.5 Å². The van der Waals surface area contributed by atoms with Crippen LogP contribution in [0.4, 0.5) is 0 Å². The number of aromatic nitrogens is 1. The Morgan fingerprint density at radius 1 is 1.44 bits per heavy atom. The Balaban J connectivity index is 1.58. The SMILES string of the molecule is CCc1cccc(S(=O)(=O)NC(=O)C2C3CCC2(c2cncs2)C3)c1. The minimum Gasteiger partial charge on any atom is -0.274 e. The van der Waals surface area contributed by atoms with Crippen molar-refractivity contribution in [1.29, 1.82) is 0 Å². The molecule has 0 spiro atoms. The molecule has 1 heterocycles. The van der Waals surface area contributed by atoms with Gasteiger partial charge >= 0.3 is 0 Å². The van der Waals surface area contributed by atoms with Crippen molar-refractivity contribution < 1.29 is 13.2 Å². The van der Waals surface area contributed by atoms with E-state index in [0.29, 0.717) is 0 Å². The Labute approximate surface area is 151 Å². The number of hydrogen-bond acceptors (Lipinski definition) is 5. The normalized spacial score (nSPS) is 27.7. The average molecular weight is 377 g/mol. The molecule has 1 aromatic heterocycles. The van der Waals surface area contributed by atoms with Crippen molar-refractivity contribution in [3.05, 3.63) is 46.4 Å². The maximum absolute atomic E-state index is 12.8. The standard InChI is InChI=1S/C18H20N2O3S2/c1-2-12-4-3-5-14(8-12)25(22,23)20-17(21)16-13-6-7-18(16,9-13)15-10-19-11-24-15/h3-5,8,10-11,13,16H,2,6-7,9H2,1H3,(H,20,21). The van der Waals surface area contributed by atoms with Gasteiger partial charge in [0.25, 0.3) is 10.0 Å². The molecule has 1 amide bonds. The molecule has 3 unspecified atom stereocenters. The van der Waals surface area contributed by atoms with Gasteiger partial charge in [0.15, 0.2) is 0 Å². The van der Waals surface area contributed by atoms with Crippen LogP contribution in [-0.2, 0) is 26.7 Å². The molecular weight excluding hydrogens is 356 g/mol. The molecule has 25 heavy (non-hydrogen) atoms. The molecule has 1 aromatic carbocycles. The molecule has 132 valence electrons. The molecule has 3 saturated carbocycles. The van der Waals surface area contributed by atoms with E-state index >= 15 is 0 Å². The zero-order valence-corrected chi connectivity index (χ0v) is 15.6. The van der Waals surface area contributed by atoms with Gasteiger partial charge < -0.3 is 0 Å². The number of carbonyl (C=O) groups is 1. The third-order valence-electron chi connectivity index (χ3n) is 5.71. The topological polar surface area (TPSA) is 76.1 Å². The van der Waals surface area contributed by atoms with Gasteiger partial charge in [0.2, 0.25) is 5.91 Å². The van der Waals surface area contributed by atoms with E-state index in [1.54, 1.807) is 29.0 Å². The van der Waals surface area contributed by atoms with E-state index in [1.165, 1.54) is 6.07 Å². The van der Waals surface area contributed by atoms with Crippen LogP contribution in [0.25, 0.3) is 0 Å². The smallest absolute Gasteiger partial charge is 0.264 e. The van der Waals surface area contributed by atoms with E-state index in [2.05, 4.69) is 9.71 Å². The average Bonchev–Trinajstić information content (AvgIpc) is 3.29. The van der Waals surface area contributed by atoms with Crippen LogP contribution in [0.2, 0.25) is 0 Å². The molecular formula is C18H20N2O3S2. The summed E-state index contributed by atoms with van der Waals surface area (Å²) < 4.78 is 27.6. The number of amides is 1. The van der Waals surface area contributed by atoms with Crippen LogP contribution >= 0.6 is 11.3 Å². The highest BCUT2D eigenvalue weighted by Crippen LogP contribution is 2.64. The molecule has 5 nitrogen and oxygen atoms in total. The fraction of sp³-hybridized carbons (Fsp3) is 0.444. The number of hydrogen-bond donors (Lipinski definition) is 1. The monoisotopic (exact) mass is 376 g/mol. The first-order valence-corrected chi connectivity index (χ1v) is 10.9. The lowest BCUT2D eigenvalue weighted by Crippen LogP contribution is -2.53. The van der Waals surface area contributed by atoms with Gasteiger partial charge in [0.1, 0.15) is 0 Å². The molecule has 2 bridgehead atoms. The van der Waals surface area contributed by atoms with Crippen LogP contribution in [-0.4, -0.2) is 19.3 Å². The molecule has 0 saturated heterocycles. The summed E-state index contributed by atoms with van der Waals surface area (Å²) in [6, 6.07) is 6.75. The van der Waals surface area contributed by atoms with Gasteiger partial charge in [-0.1, -0.05) is 19.1 Å². The summed E-state index contributed by atoms with van der Waals surface area (Å²) in [5.41, 5.74) is 2.49. The third kappa shape index (κ3) is 2.60. The fourth-order valence-corrected chi connectivity index (χ4v) is 6.44. The van der Waals surface area contributed by atoms with E-state index < -0.39 is 10.0 Å². The summed E-state index contributed by atoms with van der Waals surface area (Å²) in [5.74, 6) is -0.361. The summed E-state index contributed by atoms with van der Waals surface area (Å²) in [5, 5.41) is 0. The molecule has 5 rings (SSSR count). The number of nitrogens with one attached hydrogen (secondary N) is 1. The van der Waals surface area contributed by atoms with E-state index in [9.17, 15) is 13.2 Å². The van der Waals surface area contributed by atoms with E-state index in [0.717, 1.165) is 36.1 Å². The largest absolute Gasteiger partial charge is 0.274 e. The van der Waals surface area contributed by atoms with Crippen LogP contribution in [0, 0.1) is 11.8 Å². The van der Waals surface area contributed by atoms with Crippen molar-refractivity contribution >= 4 is 27.3 Å². The number of aryl methyl sites for hydroxylation is 1. The van der Waals surface area contributed by atoms with Gasteiger partial charge in [-0.3, -0.25) is 9.78 Å². The highest BCUT2D eigenvalue weighted by molar-refractivity contribution is 7.90. The fourth-order valence-electron chi connectivity index (χ4n) is 4.46. The van der Waals surface area contributed by atoms with Crippen molar-refractivity contribution in [3.63, 3.8) is 0 Å². The number of carbonyl (C=O) groups excluding carboxylic acids is 1. The van der Waals surface area contributed by atoms with Gasteiger partial charge in [-0.25, -0.2) is 13.1 Å². The highest BCUT2D eigenvalue weighted by atomic mass is 32.2. The first kappa shape index (κ1) is 16.7. The molecule has 3 aliphatic carbocycles. The lowest BCUT2D eigenvalue weighted by atomic mass is 9.59. The predicted octanol–water partition coefficient (Wildman–Crippen LogP) is 2.88. The Bertz CT molecular complexity index is 904. The van der Waals surface area contributed by atoms with Crippen molar-refractivity contribution in [2.45, 2.75) is 42.9 Å². The number of fused-ring (bicyclic) bond motifs is 1. The zero-order chi connectivity index (χ0) is 17.7. The first-order chi connectivity index (χ1) is 12.0. The van der Waals surface area contributed by atoms with Crippen LogP contribution < -0.4 is 4.72 Å². The van der Waals surface area contributed by atoms with Crippen LogP contribution in [0.3, 0.4) is 0 Å². The first-order valence-electron chi connectivity index (χ1n) is 8.51. The lowest BCUT2D eigenvalue weighted by molar-refractivity contribution is -0.130. The number of nitrogens with zero attached hydrogens (tertiary/aromatic N) is 1. The van der Waals surface area contributed by atoms with Gasteiger partial charge in [-0.05, 0) is 49.3 Å². The number of sulfonamides is 1. The minimum atomic E-state index is -3.84. The maximum atomic E-state index is 12.8.